The Morgan fingerprint density at radius 3 is 2.02 bits per heavy atom. The van der Waals surface area contributed by atoms with Crippen LogP contribution in [0.25, 0.3) is 0 Å². The van der Waals surface area contributed by atoms with E-state index in [0.29, 0.717) is 69.9 Å². The number of carbonyl (C=O) groups is 3. The molecule has 1 heterocycles. The van der Waals surface area contributed by atoms with E-state index in [2.05, 4.69) is 5.32 Å². The number of ether oxygens (including phenoxy) is 1. The van der Waals surface area contributed by atoms with Crippen LogP contribution in [-0.2, 0) is 19.1 Å². The lowest BCUT2D eigenvalue weighted by atomic mass is 9.82. The summed E-state index contributed by atoms with van der Waals surface area (Å²) in [5.74, 6) is 0.589. The number of aliphatic hydroxyl groups excluding tert-OH is 2. The average molecular weight is 620 g/mol. The van der Waals surface area contributed by atoms with E-state index in [1.807, 2.05) is 13.8 Å². The predicted octanol–water partition coefficient (Wildman–Crippen LogP) is 4.28. The molecule has 44 heavy (non-hydrogen) atoms. The molecular formula is C35H61N3O6. The Kier molecular flexibility index (Phi) is 14.3. The van der Waals surface area contributed by atoms with Gasteiger partial charge in [-0.05, 0) is 55.8 Å². The maximum atomic E-state index is 14.0. The first-order valence-corrected chi connectivity index (χ1v) is 18.0. The first-order chi connectivity index (χ1) is 21.2. The van der Waals surface area contributed by atoms with Gasteiger partial charge >= 0.3 is 0 Å². The lowest BCUT2D eigenvalue weighted by Crippen LogP contribution is -2.52. The van der Waals surface area contributed by atoms with Crippen LogP contribution in [0.4, 0.5) is 0 Å². The van der Waals surface area contributed by atoms with E-state index in [-0.39, 0.29) is 36.6 Å². The van der Waals surface area contributed by atoms with Crippen LogP contribution in [-0.4, -0.2) is 95.4 Å². The van der Waals surface area contributed by atoms with Gasteiger partial charge in [0, 0.05) is 32.0 Å². The molecular weight excluding hydrogens is 558 g/mol. The number of morpholine rings is 1. The summed E-state index contributed by atoms with van der Waals surface area (Å²) in [6, 6.07) is -0.544. The average Bonchev–Trinajstić information content (AvgIpc) is 3.85. The van der Waals surface area contributed by atoms with Gasteiger partial charge in [0.25, 0.3) is 0 Å². The van der Waals surface area contributed by atoms with Crippen LogP contribution < -0.4 is 5.32 Å². The second kappa shape index (κ2) is 17.8. The lowest BCUT2D eigenvalue weighted by Gasteiger charge is -2.34. The Hall–Kier alpha value is -1.71. The van der Waals surface area contributed by atoms with E-state index in [9.17, 15) is 24.6 Å². The van der Waals surface area contributed by atoms with Crippen molar-refractivity contribution in [3.05, 3.63) is 0 Å². The van der Waals surface area contributed by atoms with Crippen molar-refractivity contribution in [1.82, 2.24) is 15.1 Å². The zero-order chi connectivity index (χ0) is 31.5. The van der Waals surface area contributed by atoms with Gasteiger partial charge in [0.05, 0.1) is 31.9 Å². The van der Waals surface area contributed by atoms with Gasteiger partial charge in [-0.2, -0.15) is 0 Å². The summed E-state index contributed by atoms with van der Waals surface area (Å²) in [7, 11) is 0. The number of carbonyl (C=O) groups excluding carboxylic acids is 3. The number of nitrogens with zero attached hydrogens (tertiary/aromatic N) is 2. The number of nitrogens with one attached hydrogen (secondary N) is 1. The van der Waals surface area contributed by atoms with Crippen LogP contribution in [0.3, 0.4) is 0 Å². The summed E-state index contributed by atoms with van der Waals surface area (Å²) in [6.07, 6.45) is 13.4. The fourth-order valence-corrected chi connectivity index (χ4v) is 7.65. The summed E-state index contributed by atoms with van der Waals surface area (Å²) < 4.78 is 5.42. The van der Waals surface area contributed by atoms with E-state index >= 15 is 0 Å². The lowest BCUT2D eigenvalue weighted by molar-refractivity contribution is -0.145. The highest BCUT2D eigenvalue weighted by Crippen LogP contribution is 2.37. The van der Waals surface area contributed by atoms with Crippen molar-refractivity contribution in [2.24, 2.45) is 29.6 Å². The molecule has 1 saturated heterocycles. The molecule has 0 aromatic rings. The molecule has 4 rings (SSSR count). The van der Waals surface area contributed by atoms with Crippen LogP contribution in [0.2, 0.25) is 0 Å². The van der Waals surface area contributed by atoms with E-state index < -0.39 is 24.2 Å². The molecule has 4 fully saturated rings. The SMILES string of the molecule is CC(C)C[C@H](O)[C@H](O)[C@H](CC1CCCCC1)NC(=O)[C@@H](CC(=O)N(CC(=O)N1CCOCC1)CC1CCCCC1)CC1CC1. The van der Waals surface area contributed by atoms with Crippen LogP contribution in [0.5, 0.6) is 0 Å². The summed E-state index contributed by atoms with van der Waals surface area (Å²) in [5, 5.41) is 25.3. The number of aliphatic hydroxyl groups is 2. The maximum Gasteiger partial charge on any atom is 0.242 e. The van der Waals surface area contributed by atoms with Gasteiger partial charge in [0.1, 0.15) is 6.10 Å². The minimum atomic E-state index is -1.05. The van der Waals surface area contributed by atoms with Crippen LogP contribution in [0, 0.1) is 29.6 Å². The van der Waals surface area contributed by atoms with Crippen molar-refractivity contribution in [3.8, 4) is 0 Å². The minimum absolute atomic E-state index is 0.0459. The van der Waals surface area contributed by atoms with Gasteiger partial charge in [-0.15, -0.1) is 0 Å². The molecule has 0 aromatic carbocycles. The first-order valence-electron chi connectivity index (χ1n) is 18.0. The smallest absolute Gasteiger partial charge is 0.242 e. The van der Waals surface area contributed by atoms with E-state index in [0.717, 1.165) is 64.2 Å². The van der Waals surface area contributed by atoms with Crippen molar-refractivity contribution < 1.29 is 29.3 Å². The number of hydrogen-bond acceptors (Lipinski definition) is 6. The minimum Gasteiger partial charge on any atom is -0.390 e. The third kappa shape index (κ3) is 11.6. The molecule has 1 aliphatic heterocycles. The molecule has 3 amide bonds. The number of amides is 3. The highest BCUT2D eigenvalue weighted by molar-refractivity contribution is 5.88. The molecule has 3 saturated carbocycles. The molecule has 4 atom stereocenters. The number of rotatable bonds is 16. The number of hydrogen-bond donors (Lipinski definition) is 3. The van der Waals surface area contributed by atoms with Gasteiger partial charge in [-0.1, -0.05) is 78.1 Å². The third-order valence-electron chi connectivity index (χ3n) is 10.5. The zero-order valence-corrected chi connectivity index (χ0v) is 27.6. The molecule has 0 bridgehead atoms. The Morgan fingerprint density at radius 2 is 1.43 bits per heavy atom. The molecule has 0 unspecified atom stereocenters. The van der Waals surface area contributed by atoms with Gasteiger partial charge in [0.15, 0.2) is 0 Å². The first kappa shape index (κ1) is 35.1. The predicted molar refractivity (Wildman–Crippen MR) is 171 cm³/mol. The molecule has 0 spiro atoms. The molecule has 9 nitrogen and oxygen atoms in total. The van der Waals surface area contributed by atoms with Crippen LogP contribution in [0.1, 0.15) is 117 Å². The topological polar surface area (TPSA) is 119 Å². The molecule has 3 N–H and O–H groups in total. The normalized spacial score (nSPS) is 23.2. The van der Waals surface area contributed by atoms with Crippen molar-refractivity contribution in [1.29, 1.82) is 0 Å². The largest absolute Gasteiger partial charge is 0.390 e. The molecule has 4 aliphatic rings. The van der Waals surface area contributed by atoms with E-state index in [1.54, 1.807) is 9.80 Å². The highest BCUT2D eigenvalue weighted by Gasteiger charge is 2.37. The van der Waals surface area contributed by atoms with Crippen molar-refractivity contribution in [2.75, 3.05) is 39.4 Å². The summed E-state index contributed by atoms with van der Waals surface area (Å²) in [5.41, 5.74) is 0. The molecule has 252 valence electrons. The fourth-order valence-electron chi connectivity index (χ4n) is 7.65. The molecule has 3 aliphatic carbocycles. The van der Waals surface area contributed by atoms with Crippen LogP contribution in [0.15, 0.2) is 0 Å². The van der Waals surface area contributed by atoms with Crippen LogP contribution >= 0.6 is 0 Å². The van der Waals surface area contributed by atoms with Gasteiger partial charge in [-0.25, -0.2) is 0 Å². The van der Waals surface area contributed by atoms with Crippen molar-refractivity contribution in [2.45, 2.75) is 135 Å². The maximum absolute atomic E-state index is 14.0. The molecule has 0 radical (unpaired) electrons. The Balaban J connectivity index is 1.45. The van der Waals surface area contributed by atoms with Gasteiger partial charge < -0.3 is 30.1 Å². The second-order valence-electron chi connectivity index (χ2n) is 14.9. The standard InChI is InChI=1S/C35H61N3O6/c1-25(2)19-31(39)34(42)30(21-26-9-5-3-6-10-26)36-35(43)29(20-27-13-14-27)22-32(40)38(23-28-11-7-4-8-12-28)24-33(41)37-15-17-44-18-16-37/h25-31,34,39,42H,3-24H2,1-2H3,(H,36,43)/t29-,30+,31+,34-/m1/s1. The highest BCUT2D eigenvalue weighted by atomic mass is 16.5. The fraction of sp³-hybridized carbons (Fsp3) is 0.914. The van der Waals surface area contributed by atoms with Crippen molar-refractivity contribution in [3.63, 3.8) is 0 Å². The quantitative estimate of drug-likeness (QED) is 0.237. The summed E-state index contributed by atoms with van der Waals surface area (Å²) in [4.78, 5) is 44.7. The Labute approximate surface area is 265 Å². The third-order valence-corrected chi connectivity index (χ3v) is 10.5. The van der Waals surface area contributed by atoms with Gasteiger partial charge in [-0.3, -0.25) is 14.4 Å². The molecule has 0 aromatic heterocycles. The second-order valence-corrected chi connectivity index (χ2v) is 14.9. The molecule has 9 heteroatoms. The van der Waals surface area contributed by atoms with E-state index in [4.69, 9.17) is 4.74 Å². The Morgan fingerprint density at radius 1 is 0.841 bits per heavy atom. The monoisotopic (exact) mass is 619 g/mol. The summed E-state index contributed by atoms with van der Waals surface area (Å²) in [6.45, 7) is 6.79. The van der Waals surface area contributed by atoms with E-state index in [1.165, 1.54) is 12.8 Å². The van der Waals surface area contributed by atoms with Gasteiger partial charge in [0.2, 0.25) is 17.7 Å². The summed E-state index contributed by atoms with van der Waals surface area (Å²) >= 11 is 0. The zero-order valence-electron chi connectivity index (χ0n) is 27.6. The van der Waals surface area contributed by atoms with Crippen molar-refractivity contribution >= 4 is 17.7 Å². The Bertz CT molecular complexity index is 893.